The van der Waals surface area contributed by atoms with Crippen molar-refractivity contribution in [2.24, 2.45) is 17.8 Å². The molecule has 3 aliphatic carbocycles. The fourth-order valence-corrected chi connectivity index (χ4v) is 7.02. The van der Waals surface area contributed by atoms with E-state index in [0.717, 1.165) is 23.3 Å². The summed E-state index contributed by atoms with van der Waals surface area (Å²) in [5.74, 6) is 3.21. The first-order valence-electron chi connectivity index (χ1n) is 13.7. The highest BCUT2D eigenvalue weighted by Crippen LogP contribution is 2.58. The molecule has 0 aromatic heterocycles. The van der Waals surface area contributed by atoms with Gasteiger partial charge in [0.2, 0.25) is 0 Å². The molecule has 35 heavy (non-hydrogen) atoms. The molecule has 0 N–H and O–H groups in total. The molecule has 0 saturated heterocycles. The molecule has 0 spiro atoms. The number of fused-ring (bicyclic) bond motifs is 3. The topological polar surface area (TPSA) is 9.23 Å². The van der Waals surface area contributed by atoms with Crippen LogP contribution in [0.2, 0.25) is 0 Å². The lowest BCUT2D eigenvalue weighted by atomic mass is 9.49. The molecule has 4 heteroatoms. The van der Waals surface area contributed by atoms with Crippen LogP contribution in [0.1, 0.15) is 90.0 Å². The summed E-state index contributed by atoms with van der Waals surface area (Å²) < 4.78 is 42.4. The molecule has 1 unspecified atom stereocenters. The quantitative estimate of drug-likeness (QED) is 0.287. The predicted octanol–water partition coefficient (Wildman–Crippen LogP) is 9.74. The van der Waals surface area contributed by atoms with Crippen molar-refractivity contribution >= 4 is 0 Å². The highest BCUT2D eigenvalue weighted by molar-refractivity contribution is 5.64. The van der Waals surface area contributed by atoms with Crippen LogP contribution in [0.25, 0.3) is 11.1 Å². The molecule has 0 radical (unpaired) electrons. The van der Waals surface area contributed by atoms with E-state index in [2.05, 4.69) is 38.1 Å². The monoisotopic (exact) mass is 486 g/mol. The van der Waals surface area contributed by atoms with Crippen molar-refractivity contribution in [3.63, 3.8) is 0 Å². The summed E-state index contributed by atoms with van der Waals surface area (Å²) >= 11 is 0. The van der Waals surface area contributed by atoms with Gasteiger partial charge < -0.3 is 4.74 Å². The van der Waals surface area contributed by atoms with Crippen LogP contribution in [0.4, 0.5) is 13.2 Å². The van der Waals surface area contributed by atoms with E-state index in [0.29, 0.717) is 11.2 Å². The van der Waals surface area contributed by atoms with Crippen LogP contribution in [0.3, 0.4) is 0 Å². The number of halogens is 3. The third kappa shape index (κ3) is 6.24. The Morgan fingerprint density at radius 2 is 1.46 bits per heavy atom. The Kier molecular flexibility index (Phi) is 8.50. The van der Waals surface area contributed by atoms with Gasteiger partial charge in [-0.25, -0.2) is 0 Å². The van der Waals surface area contributed by atoms with E-state index in [4.69, 9.17) is 4.74 Å². The first kappa shape index (κ1) is 26.1. The van der Waals surface area contributed by atoms with Crippen molar-refractivity contribution in [2.75, 3.05) is 6.61 Å². The van der Waals surface area contributed by atoms with Crippen molar-refractivity contribution in [1.29, 1.82) is 0 Å². The molecular formula is C31H41F3O. The van der Waals surface area contributed by atoms with Gasteiger partial charge in [0, 0.05) is 6.42 Å². The summed E-state index contributed by atoms with van der Waals surface area (Å²) in [4.78, 5) is 0. The summed E-state index contributed by atoms with van der Waals surface area (Å²) in [6.07, 6.45) is 7.18. The number of alkyl halides is 3. The third-order valence-electron chi connectivity index (χ3n) is 8.70. The molecule has 2 bridgehead atoms. The molecule has 1 atom stereocenters. The van der Waals surface area contributed by atoms with Crippen LogP contribution in [0.5, 0.6) is 5.75 Å². The van der Waals surface area contributed by atoms with Crippen LogP contribution in [-0.2, 0) is 5.41 Å². The van der Waals surface area contributed by atoms with Gasteiger partial charge in [-0.1, -0.05) is 75.9 Å². The first-order chi connectivity index (χ1) is 16.8. The molecule has 0 amide bonds. The van der Waals surface area contributed by atoms with Gasteiger partial charge in [0.15, 0.2) is 0 Å². The largest absolute Gasteiger partial charge is 0.494 e. The lowest BCUT2D eigenvalue weighted by Crippen LogP contribution is -2.48. The Bertz CT molecular complexity index is 902. The molecule has 3 saturated carbocycles. The fraction of sp³-hybridized carbons (Fsp3) is 0.613. The first-order valence-corrected chi connectivity index (χ1v) is 13.7. The van der Waals surface area contributed by atoms with Crippen molar-refractivity contribution in [3.8, 4) is 16.9 Å². The zero-order valence-electron chi connectivity index (χ0n) is 21.4. The third-order valence-corrected chi connectivity index (χ3v) is 8.70. The van der Waals surface area contributed by atoms with Gasteiger partial charge in [-0.05, 0) is 90.5 Å². The molecule has 3 aliphatic rings. The molecule has 0 aliphatic heterocycles. The van der Waals surface area contributed by atoms with Crippen LogP contribution in [0.15, 0.2) is 48.5 Å². The molecule has 5 rings (SSSR count). The Morgan fingerprint density at radius 1 is 0.886 bits per heavy atom. The van der Waals surface area contributed by atoms with E-state index in [1.54, 1.807) is 0 Å². The Labute approximate surface area is 209 Å². The van der Waals surface area contributed by atoms with Gasteiger partial charge >= 0.3 is 6.18 Å². The highest BCUT2D eigenvalue weighted by atomic mass is 19.4. The minimum Gasteiger partial charge on any atom is -0.494 e. The SMILES string of the molecule is CCCC(CCC)C1CC2CCC1(c1ccc(-c3ccc(OCCCC(F)(F)F)cc3)cc1)CC2. The van der Waals surface area contributed by atoms with Crippen molar-refractivity contribution in [1.82, 2.24) is 0 Å². The molecule has 192 valence electrons. The van der Waals surface area contributed by atoms with E-state index in [-0.39, 0.29) is 13.0 Å². The number of benzene rings is 2. The van der Waals surface area contributed by atoms with E-state index in [1.807, 2.05) is 24.3 Å². The van der Waals surface area contributed by atoms with Crippen LogP contribution in [0, 0.1) is 17.8 Å². The van der Waals surface area contributed by atoms with Gasteiger partial charge in [0.25, 0.3) is 0 Å². The molecule has 1 nitrogen and oxygen atoms in total. The minimum atomic E-state index is -4.12. The number of rotatable bonds is 11. The van der Waals surface area contributed by atoms with Gasteiger partial charge in [0.05, 0.1) is 6.61 Å². The minimum absolute atomic E-state index is 0.0203. The lowest BCUT2D eigenvalue weighted by Gasteiger charge is -2.55. The number of hydrogen-bond donors (Lipinski definition) is 0. The summed E-state index contributed by atoms with van der Waals surface area (Å²) in [6, 6.07) is 17.0. The summed E-state index contributed by atoms with van der Waals surface area (Å²) in [6.45, 7) is 4.75. The van der Waals surface area contributed by atoms with Crippen molar-refractivity contribution in [2.45, 2.75) is 96.1 Å². The maximum absolute atomic E-state index is 12.3. The average molecular weight is 487 g/mol. The van der Waals surface area contributed by atoms with Crippen LogP contribution in [-0.4, -0.2) is 12.8 Å². The Hall–Kier alpha value is -1.97. The summed E-state index contributed by atoms with van der Waals surface area (Å²) in [5, 5.41) is 0. The van der Waals surface area contributed by atoms with Gasteiger partial charge in [0.1, 0.15) is 5.75 Å². The molecule has 0 heterocycles. The Morgan fingerprint density at radius 3 is 2.00 bits per heavy atom. The van der Waals surface area contributed by atoms with E-state index in [1.165, 1.54) is 68.9 Å². The van der Waals surface area contributed by atoms with E-state index < -0.39 is 12.6 Å². The van der Waals surface area contributed by atoms with Crippen LogP contribution < -0.4 is 4.74 Å². The second kappa shape index (κ2) is 11.4. The molecule has 3 fully saturated rings. The van der Waals surface area contributed by atoms with E-state index in [9.17, 15) is 13.2 Å². The van der Waals surface area contributed by atoms with Crippen LogP contribution >= 0.6 is 0 Å². The molecule has 2 aromatic rings. The van der Waals surface area contributed by atoms with Crippen molar-refractivity contribution < 1.29 is 17.9 Å². The zero-order valence-corrected chi connectivity index (χ0v) is 21.4. The molecule has 2 aromatic carbocycles. The summed E-state index contributed by atoms with van der Waals surface area (Å²) in [7, 11) is 0. The molecular weight excluding hydrogens is 445 g/mol. The van der Waals surface area contributed by atoms with Crippen molar-refractivity contribution in [3.05, 3.63) is 54.1 Å². The highest BCUT2D eigenvalue weighted by Gasteiger charge is 2.50. The lowest BCUT2D eigenvalue weighted by molar-refractivity contribution is -0.136. The summed E-state index contributed by atoms with van der Waals surface area (Å²) in [5.41, 5.74) is 4.16. The van der Waals surface area contributed by atoms with Gasteiger partial charge in [-0.3, -0.25) is 0 Å². The van der Waals surface area contributed by atoms with E-state index >= 15 is 0 Å². The average Bonchev–Trinajstić information content (AvgIpc) is 2.87. The number of ether oxygens (including phenoxy) is 1. The maximum Gasteiger partial charge on any atom is 0.389 e. The number of hydrogen-bond acceptors (Lipinski definition) is 1. The predicted molar refractivity (Wildman–Crippen MR) is 138 cm³/mol. The smallest absolute Gasteiger partial charge is 0.389 e. The second-order valence-corrected chi connectivity index (χ2v) is 10.9. The Balaban J connectivity index is 1.45. The van der Waals surface area contributed by atoms with Gasteiger partial charge in [-0.15, -0.1) is 0 Å². The second-order valence-electron chi connectivity index (χ2n) is 10.9. The fourth-order valence-electron chi connectivity index (χ4n) is 7.02. The standard InChI is InChI=1S/C31H41F3O/c1-3-6-26(7-4-2)29-22-23-16-19-30(29,20-17-23)27-12-8-24(9-13-27)25-10-14-28(15-11-25)35-21-5-18-31(32,33)34/h8-15,23,26,29H,3-7,16-22H2,1-2H3. The maximum atomic E-state index is 12.3. The zero-order chi connectivity index (χ0) is 24.9. The normalized spacial score (nSPS) is 24.2. The van der Waals surface area contributed by atoms with Gasteiger partial charge in [-0.2, -0.15) is 13.2 Å².